The molecule has 0 unspecified atom stereocenters. The number of likely N-dealkylation sites (tertiary alicyclic amines) is 1. The van der Waals surface area contributed by atoms with E-state index in [9.17, 15) is 4.79 Å². The third-order valence-electron chi connectivity index (χ3n) is 4.00. The van der Waals surface area contributed by atoms with Crippen LogP contribution >= 0.6 is 0 Å². The number of urea groups is 1. The van der Waals surface area contributed by atoms with E-state index in [1.807, 2.05) is 16.5 Å². The number of hydrogen-bond donors (Lipinski definition) is 1. The molecule has 2 heterocycles. The fraction of sp³-hybridized carbons (Fsp3) is 0.733. The lowest BCUT2D eigenvalue weighted by Crippen LogP contribution is -2.44. The van der Waals surface area contributed by atoms with Gasteiger partial charge in [-0.3, -0.25) is 4.68 Å². The zero-order chi connectivity index (χ0) is 14.5. The Balaban J connectivity index is 1.65. The molecule has 0 saturated carbocycles. The maximum atomic E-state index is 12.0. The number of hydrogen-bond acceptors (Lipinski definition) is 2. The first-order chi connectivity index (χ1) is 9.56. The number of carbonyl (C=O) groups is 1. The van der Waals surface area contributed by atoms with Gasteiger partial charge < -0.3 is 10.2 Å². The molecule has 1 aliphatic rings. The second kappa shape index (κ2) is 6.77. The van der Waals surface area contributed by atoms with Crippen LogP contribution in [0.4, 0.5) is 4.79 Å². The lowest BCUT2D eigenvalue weighted by molar-refractivity contribution is 0.174. The van der Waals surface area contributed by atoms with Gasteiger partial charge in [0.1, 0.15) is 0 Å². The second-order valence-corrected chi connectivity index (χ2v) is 5.91. The summed E-state index contributed by atoms with van der Waals surface area (Å²) in [7, 11) is 0. The van der Waals surface area contributed by atoms with Crippen LogP contribution in [0.25, 0.3) is 0 Å². The number of carbonyl (C=O) groups excluding carboxylic acids is 1. The summed E-state index contributed by atoms with van der Waals surface area (Å²) in [5.41, 5.74) is 2.23. The number of amides is 2. The molecule has 112 valence electrons. The second-order valence-electron chi connectivity index (χ2n) is 5.91. The highest BCUT2D eigenvalue weighted by Gasteiger charge is 2.19. The van der Waals surface area contributed by atoms with Gasteiger partial charge in [-0.05, 0) is 45.1 Å². The molecule has 0 aliphatic carbocycles. The Kier molecular flexibility index (Phi) is 5.04. The van der Waals surface area contributed by atoms with Gasteiger partial charge in [-0.15, -0.1) is 0 Å². The largest absolute Gasteiger partial charge is 0.338 e. The predicted octanol–water partition coefficient (Wildman–Crippen LogP) is 2.33. The minimum Gasteiger partial charge on any atom is -0.338 e. The van der Waals surface area contributed by atoms with E-state index in [0.717, 1.165) is 50.5 Å². The van der Waals surface area contributed by atoms with E-state index in [2.05, 4.69) is 30.3 Å². The van der Waals surface area contributed by atoms with Crippen molar-refractivity contribution in [1.82, 2.24) is 20.0 Å². The molecule has 0 radical (unpaired) electrons. The standard InChI is InChI=1S/C15H26N4O/c1-12-5-9-18(10-6-12)15(20)16-7-4-8-19-14(3)11-13(2)17-19/h11-12H,4-10H2,1-3H3,(H,16,20). The third-order valence-corrected chi connectivity index (χ3v) is 4.00. The molecule has 0 bridgehead atoms. The highest BCUT2D eigenvalue weighted by molar-refractivity contribution is 5.74. The summed E-state index contributed by atoms with van der Waals surface area (Å²) >= 11 is 0. The SMILES string of the molecule is Cc1cc(C)n(CCCNC(=O)N2CCC(C)CC2)n1. The lowest BCUT2D eigenvalue weighted by Gasteiger charge is -2.30. The van der Waals surface area contributed by atoms with Crippen molar-refractivity contribution in [2.24, 2.45) is 5.92 Å². The molecule has 1 N–H and O–H groups in total. The molecule has 1 fully saturated rings. The van der Waals surface area contributed by atoms with E-state index in [4.69, 9.17) is 0 Å². The van der Waals surface area contributed by atoms with Gasteiger partial charge in [-0.25, -0.2) is 4.79 Å². The van der Waals surface area contributed by atoms with Crippen LogP contribution in [0.5, 0.6) is 0 Å². The molecule has 2 rings (SSSR count). The first-order valence-corrected chi connectivity index (χ1v) is 7.60. The van der Waals surface area contributed by atoms with Gasteiger partial charge >= 0.3 is 6.03 Å². The summed E-state index contributed by atoms with van der Waals surface area (Å²) in [6, 6.07) is 2.17. The monoisotopic (exact) mass is 278 g/mol. The quantitative estimate of drug-likeness (QED) is 0.859. The van der Waals surface area contributed by atoms with E-state index >= 15 is 0 Å². The summed E-state index contributed by atoms with van der Waals surface area (Å²) in [5.74, 6) is 0.755. The van der Waals surface area contributed by atoms with Crippen LogP contribution in [-0.4, -0.2) is 40.3 Å². The van der Waals surface area contributed by atoms with Crippen LogP contribution in [0.15, 0.2) is 6.07 Å². The number of rotatable bonds is 4. The Labute approximate surface area is 121 Å². The molecule has 5 heteroatoms. The number of nitrogens with zero attached hydrogens (tertiary/aromatic N) is 3. The number of aromatic nitrogens is 2. The first kappa shape index (κ1) is 14.9. The van der Waals surface area contributed by atoms with Crippen molar-refractivity contribution < 1.29 is 4.79 Å². The third kappa shape index (κ3) is 3.99. The smallest absolute Gasteiger partial charge is 0.317 e. The molecule has 1 aliphatic heterocycles. The van der Waals surface area contributed by atoms with E-state index in [1.165, 1.54) is 5.69 Å². The van der Waals surface area contributed by atoms with Crippen molar-refractivity contribution in [3.8, 4) is 0 Å². The molecule has 1 aromatic heterocycles. The zero-order valence-electron chi connectivity index (χ0n) is 12.9. The van der Waals surface area contributed by atoms with E-state index in [0.29, 0.717) is 6.54 Å². The summed E-state index contributed by atoms with van der Waals surface area (Å²) in [6.45, 7) is 9.68. The van der Waals surface area contributed by atoms with Crippen LogP contribution in [0.2, 0.25) is 0 Å². The van der Waals surface area contributed by atoms with Gasteiger partial charge in [0.2, 0.25) is 0 Å². The van der Waals surface area contributed by atoms with Gasteiger partial charge in [0, 0.05) is 31.9 Å². The van der Waals surface area contributed by atoms with Crippen molar-refractivity contribution in [2.45, 2.75) is 46.6 Å². The van der Waals surface area contributed by atoms with Crippen molar-refractivity contribution in [2.75, 3.05) is 19.6 Å². The molecular weight excluding hydrogens is 252 g/mol. The van der Waals surface area contributed by atoms with Crippen molar-refractivity contribution in [3.05, 3.63) is 17.5 Å². The van der Waals surface area contributed by atoms with Crippen LogP contribution < -0.4 is 5.32 Å². The van der Waals surface area contributed by atoms with Crippen LogP contribution in [0.1, 0.15) is 37.6 Å². The van der Waals surface area contributed by atoms with Gasteiger partial charge in [0.25, 0.3) is 0 Å². The minimum absolute atomic E-state index is 0.0882. The molecular formula is C15H26N4O. The Morgan fingerprint density at radius 1 is 1.40 bits per heavy atom. The van der Waals surface area contributed by atoms with Gasteiger partial charge in [0.15, 0.2) is 0 Å². The van der Waals surface area contributed by atoms with Crippen LogP contribution in [0, 0.1) is 19.8 Å². The average molecular weight is 278 g/mol. The van der Waals surface area contributed by atoms with Crippen LogP contribution in [0.3, 0.4) is 0 Å². The number of nitrogens with one attached hydrogen (secondary N) is 1. The number of aryl methyl sites for hydroxylation is 3. The summed E-state index contributed by atoms with van der Waals surface area (Å²) < 4.78 is 2.00. The molecule has 1 saturated heterocycles. The van der Waals surface area contributed by atoms with Crippen molar-refractivity contribution >= 4 is 6.03 Å². The van der Waals surface area contributed by atoms with Crippen LogP contribution in [-0.2, 0) is 6.54 Å². The Bertz CT molecular complexity index is 447. The fourth-order valence-corrected chi connectivity index (χ4v) is 2.65. The van der Waals surface area contributed by atoms with Crippen molar-refractivity contribution in [3.63, 3.8) is 0 Å². The maximum absolute atomic E-state index is 12.0. The minimum atomic E-state index is 0.0882. The predicted molar refractivity (Wildman–Crippen MR) is 79.7 cm³/mol. The topological polar surface area (TPSA) is 50.2 Å². The molecule has 0 atom stereocenters. The van der Waals surface area contributed by atoms with Gasteiger partial charge in [0.05, 0.1) is 5.69 Å². The van der Waals surface area contributed by atoms with Gasteiger partial charge in [-0.1, -0.05) is 6.92 Å². The van der Waals surface area contributed by atoms with Gasteiger partial charge in [-0.2, -0.15) is 5.10 Å². The molecule has 0 spiro atoms. The molecule has 2 amide bonds. The highest BCUT2D eigenvalue weighted by atomic mass is 16.2. The first-order valence-electron chi connectivity index (χ1n) is 7.60. The maximum Gasteiger partial charge on any atom is 0.317 e. The van der Waals surface area contributed by atoms with E-state index in [-0.39, 0.29) is 6.03 Å². The fourth-order valence-electron chi connectivity index (χ4n) is 2.65. The Hall–Kier alpha value is -1.52. The molecule has 5 nitrogen and oxygen atoms in total. The van der Waals surface area contributed by atoms with E-state index < -0.39 is 0 Å². The van der Waals surface area contributed by atoms with Crippen molar-refractivity contribution in [1.29, 1.82) is 0 Å². The normalized spacial score (nSPS) is 16.4. The average Bonchev–Trinajstić information content (AvgIpc) is 2.73. The lowest BCUT2D eigenvalue weighted by atomic mass is 10.00. The highest BCUT2D eigenvalue weighted by Crippen LogP contribution is 2.15. The Morgan fingerprint density at radius 2 is 2.10 bits per heavy atom. The summed E-state index contributed by atoms with van der Waals surface area (Å²) in [4.78, 5) is 13.9. The molecule has 1 aromatic rings. The zero-order valence-corrected chi connectivity index (χ0v) is 12.9. The molecule has 20 heavy (non-hydrogen) atoms. The summed E-state index contributed by atoms with van der Waals surface area (Å²) in [6.07, 6.45) is 3.16. The number of piperidine rings is 1. The summed E-state index contributed by atoms with van der Waals surface area (Å²) in [5, 5.41) is 7.43. The van der Waals surface area contributed by atoms with E-state index in [1.54, 1.807) is 0 Å². The Morgan fingerprint density at radius 3 is 2.70 bits per heavy atom. The molecule has 0 aromatic carbocycles.